The van der Waals surface area contributed by atoms with Gasteiger partial charge in [-0.25, -0.2) is 9.67 Å². The van der Waals surface area contributed by atoms with Crippen molar-refractivity contribution in [1.82, 2.24) is 20.1 Å². The van der Waals surface area contributed by atoms with Crippen molar-refractivity contribution in [2.45, 2.75) is 19.4 Å². The number of rotatable bonds is 5. The Bertz CT molecular complexity index is 511. The zero-order chi connectivity index (χ0) is 13.0. The SMILES string of the molecule is C[C@H](C(=O)NCCc1ccc(Cl)s1)n1cncn1. The monoisotopic (exact) mass is 284 g/mol. The lowest BCUT2D eigenvalue weighted by molar-refractivity contribution is -0.124. The van der Waals surface area contributed by atoms with Gasteiger partial charge >= 0.3 is 0 Å². The molecule has 96 valence electrons. The second-order valence-electron chi connectivity index (χ2n) is 3.80. The van der Waals surface area contributed by atoms with Crippen LogP contribution in [0.3, 0.4) is 0 Å². The van der Waals surface area contributed by atoms with Crippen molar-refractivity contribution in [3.05, 3.63) is 34.0 Å². The first kappa shape index (κ1) is 13.0. The molecule has 18 heavy (non-hydrogen) atoms. The van der Waals surface area contributed by atoms with Crippen molar-refractivity contribution in [2.24, 2.45) is 0 Å². The van der Waals surface area contributed by atoms with E-state index in [9.17, 15) is 4.79 Å². The number of halogens is 1. The minimum absolute atomic E-state index is 0.0665. The first-order valence-electron chi connectivity index (χ1n) is 5.53. The summed E-state index contributed by atoms with van der Waals surface area (Å²) in [6.45, 7) is 2.38. The van der Waals surface area contributed by atoms with Crippen LogP contribution in [0.25, 0.3) is 0 Å². The summed E-state index contributed by atoms with van der Waals surface area (Å²) in [7, 11) is 0. The van der Waals surface area contributed by atoms with Crippen LogP contribution in [0.5, 0.6) is 0 Å². The van der Waals surface area contributed by atoms with E-state index in [2.05, 4.69) is 15.4 Å². The third-order valence-corrected chi connectivity index (χ3v) is 3.80. The van der Waals surface area contributed by atoms with Gasteiger partial charge in [-0.05, 0) is 25.5 Å². The standard InChI is InChI=1S/C11H13ClN4OS/c1-8(16-7-13-6-15-16)11(17)14-5-4-9-2-3-10(12)18-9/h2-3,6-8H,4-5H2,1H3,(H,14,17)/t8-/m1/s1. The van der Waals surface area contributed by atoms with Gasteiger partial charge in [0.05, 0.1) is 4.34 Å². The van der Waals surface area contributed by atoms with E-state index in [1.54, 1.807) is 6.92 Å². The lowest BCUT2D eigenvalue weighted by Gasteiger charge is -2.11. The number of amides is 1. The maximum atomic E-state index is 11.8. The molecular weight excluding hydrogens is 272 g/mol. The molecule has 5 nitrogen and oxygen atoms in total. The summed E-state index contributed by atoms with van der Waals surface area (Å²) in [4.78, 5) is 16.8. The normalized spacial score (nSPS) is 12.3. The predicted octanol–water partition coefficient (Wildman–Crippen LogP) is 1.91. The van der Waals surface area contributed by atoms with Gasteiger partial charge in [-0.3, -0.25) is 4.79 Å². The molecule has 0 aliphatic heterocycles. The molecule has 1 N–H and O–H groups in total. The minimum atomic E-state index is -0.348. The smallest absolute Gasteiger partial charge is 0.244 e. The Hall–Kier alpha value is -1.40. The summed E-state index contributed by atoms with van der Waals surface area (Å²) in [5.41, 5.74) is 0. The molecule has 2 aromatic heterocycles. The molecule has 0 bridgehead atoms. The Balaban J connectivity index is 1.78. The van der Waals surface area contributed by atoms with Gasteiger partial charge in [0.15, 0.2) is 0 Å². The van der Waals surface area contributed by atoms with Crippen molar-refractivity contribution in [2.75, 3.05) is 6.54 Å². The highest BCUT2D eigenvalue weighted by Crippen LogP contribution is 2.21. The molecule has 0 saturated heterocycles. The highest BCUT2D eigenvalue weighted by molar-refractivity contribution is 7.16. The lowest BCUT2D eigenvalue weighted by Crippen LogP contribution is -2.32. The van der Waals surface area contributed by atoms with E-state index in [1.807, 2.05) is 12.1 Å². The molecule has 1 atom stereocenters. The molecule has 0 radical (unpaired) electrons. The molecule has 2 rings (SSSR count). The molecule has 0 aliphatic rings. The second kappa shape index (κ2) is 5.97. The van der Waals surface area contributed by atoms with Crippen LogP contribution < -0.4 is 5.32 Å². The third-order valence-electron chi connectivity index (χ3n) is 2.51. The zero-order valence-corrected chi connectivity index (χ0v) is 11.4. The summed E-state index contributed by atoms with van der Waals surface area (Å²) >= 11 is 7.36. The van der Waals surface area contributed by atoms with Crippen LogP contribution >= 0.6 is 22.9 Å². The molecule has 2 aromatic rings. The van der Waals surface area contributed by atoms with Gasteiger partial charge in [0.25, 0.3) is 0 Å². The molecule has 0 fully saturated rings. The fraction of sp³-hybridized carbons (Fsp3) is 0.364. The first-order chi connectivity index (χ1) is 8.66. The number of hydrogen-bond acceptors (Lipinski definition) is 4. The molecule has 0 aliphatic carbocycles. The molecule has 7 heteroatoms. The average molecular weight is 285 g/mol. The van der Waals surface area contributed by atoms with E-state index in [4.69, 9.17) is 11.6 Å². The highest BCUT2D eigenvalue weighted by atomic mass is 35.5. The van der Waals surface area contributed by atoms with Crippen LogP contribution in [0.2, 0.25) is 4.34 Å². The van der Waals surface area contributed by atoms with Crippen LogP contribution in [0.1, 0.15) is 17.8 Å². The second-order valence-corrected chi connectivity index (χ2v) is 5.60. The van der Waals surface area contributed by atoms with Gasteiger partial charge in [-0.1, -0.05) is 11.6 Å². The highest BCUT2D eigenvalue weighted by Gasteiger charge is 2.14. The number of aromatic nitrogens is 3. The van der Waals surface area contributed by atoms with Gasteiger partial charge in [-0.15, -0.1) is 11.3 Å². The van der Waals surface area contributed by atoms with E-state index in [1.165, 1.54) is 28.7 Å². The molecule has 0 aromatic carbocycles. The molecule has 0 saturated carbocycles. The number of nitrogens with one attached hydrogen (secondary N) is 1. The quantitative estimate of drug-likeness (QED) is 0.912. The van der Waals surface area contributed by atoms with Gasteiger partial charge in [0.2, 0.25) is 5.91 Å². The summed E-state index contributed by atoms with van der Waals surface area (Å²) in [6, 6.07) is 3.49. The van der Waals surface area contributed by atoms with Crippen molar-refractivity contribution in [1.29, 1.82) is 0 Å². The van der Waals surface area contributed by atoms with E-state index in [0.717, 1.165) is 15.6 Å². The van der Waals surface area contributed by atoms with Gasteiger partial charge in [-0.2, -0.15) is 5.10 Å². The lowest BCUT2D eigenvalue weighted by atomic mass is 10.3. The van der Waals surface area contributed by atoms with E-state index < -0.39 is 0 Å². The fourth-order valence-electron chi connectivity index (χ4n) is 1.48. The third kappa shape index (κ3) is 3.30. The Morgan fingerprint density at radius 3 is 3.06 bits per heavy atom. The Morgan fingerprint density at radius 2 is 2.44 bits per heavy atom. The van der Waals surface area contributed by atoms with Crippen molar-refractivity contribution < 1.29 is 4.79 Å². The largest absolute Gasteiger partial charge is 0.354 e. The predicted molar refractivity (Wildman–Crippen MR) is 70.8 cm³/mol. The Kier molecular flexibility index (Phi) is 4.33. The average Bonchev–Trinajstić information content (AvgIpc) is 2.99. The summed E-state index contributed by atoms with van der Waals surface area (Å²) in [5.74, 6) is -0.0665. The molecular formula is C11H13ClN4OS. The van der Waals surface area contributed by atoms with Crippen molar-refractivity contribution >= 4 is 28.8 Å². The number of carbonyl (C=O) groups excluding carboxylic acids is 1. The van der Waals surface area contributed by atoms with E-state index in [-0.39, 0.29) is 11.9 Å². The van der Waals surface area contributed by atoms with Gasteiger partial charge in [0.1, 0.15) is 18.7 Å². The van der Waals surface area contributed by atoms with Crippen LogP contribution in [0.4, 0.5) is 0 Å². The summed E-state index contributed by atoms with van der Waals surface area (Å²) in [5, 5.41) is 6.80. The topological polar surface area (TPSA) is 59.8 Å². The van der Waals surface area contributed by atoms with Crippen LogP contribution in [0, 0.1) is 0 Å². The summed E-state index contributed by atoms with van der Waals surface area (Å²) < 4.78 is 2.30. The van der Waals surface area contributed by atoms with Gasteiger partial charge in [0, 0.05) is 11.4 Å². The molecule has 1 amide bonds. The fourth-order valence-corrected chi connectivity index (χ4v) is 2.57. The minimum Gasteiger partial charge on any atom is -0.354 e. The van der Waals surface area contributed by atoms with Crippen molar-refractivity contribution in [3.63, 3.8) is 0 Å². The van der Waals surface area contributed by atoms with Crippen LogP contribution in [-0.2, 0) is 11.2 Å². The Morgan fingerprint density at radius 1 is 1.61 bits per heavy atom. The van der Waals surface area contributed by atoms with Crippen LogP contribution in [-0.4, -0.2) is 27.2 Å². The number of carbonyl (C=O) groups is 1. The zero-order valence-electron chi connectivity index (χ0n) is 9.84. The maximum Gasteiger partial charge on any atom is 0.244 e. The number of thiophene rings is 1. The number of nitrogens with zero attached hydrogens (tertiary/aromatic N) is 3. The summed E-state index contributed by atoms with van der Waals surface area (Å²) in [6.07, 6.45) is 3.73. The maximum absolute atomic E-state index is 11.8. The molecule has 2 heterocycles. The van der Waals surface area contributed by atoms with E-state index >= 15 is 0 Å². The molecule has 0 unspecified atom stereocenters. The van der Waals surface area contributed by atoms with Gasteiger partial charge < -0.3 is 5.32 Å². The van der Waals surface area contributed by atoms with Crippen molar-refractivity contribution in [3.8, 4) is 0 Å². The Labute approximate surface area is 114 Å². The van der Waals surface area contributed by atoms with Crippen LogP contribution in [0.15, 0.2) is 24.8 Å². The number of hydrogen-bond donors (Lipinski definition) is 1. The van der Waals surface area contributed by atoms with E-state index in [0.29, 0.717) is 6.54 Å². The molecule has 0 spiro atoms. The first-order valence-corrected chi connectivity index (χ1v) is 6.72.